The Kier molecular flexibility index (Phi) is 6.10. The second kappa shape index (κ2) is 8.89. The van der Waals surface area contributed by atoms with Crippen molar-refractivity contribution in [2.45, 2.75) is 20.0 Å². The molecule has 0 aliphatic rings. The van der Waals surface area contributed by atoms with Crippen LogP contribution >= 0.6 is 0 Å². The van der Waals surface area contributed by atoms with Crippen LogP contribution in [0.3, 0.4) is 0 Å². The van der Waals surface area contributed by atoms with Gasteiger partial charge in [0.2, 0.25) is 0 Å². The molecule has 0 unspecified atom stereocenters. The maximum absolute atomic E-state index is 6.08. The smallest absolute Gasteiger partial charge is 0.191 e. The first-order valence-corrected chi connectivity index (χ1v) is 8.88. The molecule has 1 aromatic heterocycles. The number of hydrogen-bond acceptors (Lipinski definition) is 3. The van der Waals surface area contributed by atoms with E-state index in [2.05, 4.69) is 45.8 Å². The number of hydrogen-bond donors (Lipinski definition) is 2. The van der Waals surface area contributed by atoms with Gasteiger partial charge in [-0.15, -0.1) is 0 Å². The summed E-state index contributed by atoms with van der Waals surface area (Å²) < 4.78 is 7.86. The normalized spacial score (nSPS) is 11.3. The molecular weight excluding hydrogens is 338 g/mol. The molecule has 0 saturated heterocycles. The topological polar surface area (TPSA) is 63.5 Å². The van der Waals surface area contributed by atoms with Crippen molar-refractivity contribution in [3.05, 3.63) is 77.6 Å². The molecule has 6 heteroatoms. The van der Waals surface area contributed by atoms with Crippen molar-refractivity contribution in [2.75, 3.05) is 7.05 Å². The van der Waals surface area contributed by atoms with Gasteiger partial charge in [0.15, 0.2) is 5.96 Å². The molecular formula is C21H25N5O. The third-order valence-corrected chi connectivity index (χ3v) is 4.08. The molecule has 0 saturated carbocycles. The largest absolute Gasteiger partial charge is 0.457 e. The molecule has 0 fully saturated rings. The van der Waals surface area contributed by atoms with Gasteiger partial charge in [-0.25, -0.2) is 0 Å². The van der Waals surface area contributed by atoms with E-state index in [0.29, 0.717) is 13.1 Å². The van der Waals surface area contributed by atoms with Gasteiger partial charge in [-0.2, -0.15) is 5.10 Å². The fourth-order valence-electron chi connectivity index (χ4n) is 2.67. The summed E-state index contributed by atoms with van der Waals surface area (Å²) >= 11 is 0. The minimum absolute atomic E-state index is 0.606. The number of ether oxygens (including phenoxy) is 1. The zero-order valence-electron chi connectivity index (χ0n) is 15.9. The Morgan fingerprint density at radius 1 is 1.11 bits per heavy atom. The summed E-state index contributed by atoms with van der Waals surface area (Å²) in [5, 5.41) is 10.8. The number of nitrogens with zero attached hydrogens (tertiary/aromatic N) is 3. The second-order valence-electron chi connectivity index (χ2n) is 6.33. The van der Waals surface area contributed by atoms with E-state index in [1.165, 1.54) is 0 Å². The van der Waals surface area contributed by atoms with Gasteiger partial charge in [-0.05, 0) is 30.7 Å². The Balaban J connectivity index is 1.63. The third-order valence-electron chi connectivity index (χ3n) is 4.08. The molecule has 0 spiro atoms. The molecule has 2 N–H and O–H groups in total. The number of aryl methyl sites for hydroxylation is 2. The molecule has 3 aromatic rings. The van der Waals surface area contributed by atoms with Gasteiger partial charge in [-0.1, -0.05) is 30.3 Å². The molecule has 0 atom stereocenters. The fourth-order valence-corrected chi connectivity index (χ4v) is 2.67. The Morgan fingerprint density at radius 2 is 1.89 bits per heavy atom. The second-order valence-corrected chi connectivity index (χ2v) is 6.33. The lowest BCUT2D eigenvalue weighted by molar-refractivity contribution is 0.474. The molecule has 0 aliphatic carbocycles. The Bertz CT molecular complexity index is 902. The number of benzene rings is 2. The van der Waals surface area contributed by atoms with Crippen LogP contribution in [-0.4, -0.2) is 22.8 Å². The monoisotopic (exact) mass is 363 g/mol. The van der Waals surface area contributed by atoms with Crippen molar-refractivity contribution >= 4 is 5.96 Å². The van der Waals surface area contributed by atoms with Gasteiger partial charge in [0.05, 0.1) is 6.20 Å². The molecule has 0 aliphatic heterocycles. The lowest BCUT2D eigenvalue weighted by Gasteiger charge is -2.15. The predicted molar refractivity (Wildman–Crippen MR) is 108 cm³/mol. The number of aliphatic imine (C=N–C) groups is 1. The van der Waals surface area contributed by atoms with Crippen molar-refractivity contribution in [1.29, 1.82) is 0 Å². The lowest BCUT2D eigenvalue weighted by atomic mass is 10.1. The highest BCUT2D eigenvalue weighted by molar-refractivity contribution is 5.79. The first kappa shape index (κ1) is 18.5. The minimum Gasteiger partial charge on any atom is -0.457 e. The fraction of sp³-hybridized carbons (Fsp3) is 0.238. The van der Waals surface area contributed by atoms with Gasteiger partial charge >= 0.3 is 0 Å². The van der Waals surface area contributed by atoms with E-state index in [4.69, 9.17) is 4.74 Å². The average Bonchev–Trinajstić information content (AvgIpc) is 3.09. The maximum Gasteiger partial charge on any atom is 0.191 e. The molecule has 0 bridgehead atoms. The quantitative estimate of drug-likeness (QED) is 0.521. The Labute approximate surface area is 159 Å². The van der Waals surface area contributed by atoms with E-state index in [1.54, 1.807) is 11.7 Å². The van der Waals surface area contributed by atoms with Gasteiger partial charge in [0, 0.05) is 44.5 Å². The molecule has 2 aromatic carbocycles. The summed E-state index contributed by atoms with van der Waals surface area (Å²) in [6.45, 7) is 3.33. The summed E-state index contributed by atoms with van der Waals surface area (Å²) in [6.07, 6.45) is 3.82. The molecule has 0 amide bonds. The number of guanidine groups is 1. The van der Waals surface area contributed by atoms with Crippen LogP contribution in [0.25, 0.3) is 0 Å². The van der Waals surface area contributed by atoms with E-state index in [-0.39, 0.29) is 0 Å². The van der Waals surface area contributed by atoms with Gasteiger partial charge in [0.25, 0.3) is 0 Å². The summed E-state index contributed by atoms with van der Waals surface area (Å²) in [4.78, 5) is 4.28. The molecule has 3 rings (SSSR count). The van der Waals surface area contributed by atoms with Crippen LogP contribution in [0.15, 0.2) is 65.9 Å². The lowest BCUT2D eigenvalue weighted by Crippen LogP contribution is -2.36. The van der Waals surface area contributed by atoms with Crippen LogP contribution < -0.4 is 15.4 Å². The van der Waals surface area contributed by atoms with Crippen LogP contribution in [0.2, 0.25) is 0 Å². The summed E-state index contributed by atoms with van der Waals surface area (Å²) in [5.74, 6) is 2.39. The van der Waals surface area contributed by atoms with Crippen molar-refractivity contribution < 1.29 is 4.74 Å². The van der Waals surface area contributed by atoms with Gasteiger partial charge in [-0.3, -0.25) is 9.67 Å². The summed E-state index contributed by atoms with van der Waals surface area (Å²) in [7, 11) is 3.66. The van der Waals surface area contributed by atoms with E-state index < -0.39 is 0 Å². The first-order chi connectivity index (χ1) is 13.1. The number of aromatic nitrogens is 2. The standard InChI is InChI=1S/C21H25N5O/c1-16-9-10-18(20(11-16)27-19-7-5-4-6-8-19)14-24-21(22-2)23-12-17-13-25-26(3)15-17/h4-11,13,15H,12,14H2,1-3H3,(H2,22,23,24). The highest BCUT2D eigenvalue weighted by Gasteiger charge is 2.07. The zero-order chi connectivity index (χ0) is 19.1. The average molecular weight is 363 g/mol. The SMILES string of the molecule is CN=C(NCc1cnn(C)c1)NCc1ccc(C)cc1Oc1ccccc1. The van der Waals surface area contributed by atoms with Crippen LogP contribution in [0.4, 0.5) is 0 Å². The predicted octanol–water partition coefficient (Wildman–Crippen LogP) is 3.39. The number of para-hydroxylation sites is 1. The zero-order valence-corrected chi connectivity index (χ0v) is 15.9. The van der Waals surface area contributed by atoms with Gasteiger partial charge < -0.3 is 15.4 Å². The van der Waals surface area contributed by atoms with Crippen LogP contribution in [-0.2, 0) is 20.1 Å². The van der Waals surface area contributed by atoms with Gasteiger partial charge in [0.1, 0.15) is 11.5 Å². The minimum atomic E-state index is 0.606. The highest BCUT2D eigenvalue weighted by atomic mass is 16.5. The molecule has 1 heterocycles. The van der Waals surface area contributed by atoms with Crippen LogP contribution in [0.1, 0.15) is 16.7 Å². The van der Waals surface area contributed by atoms with E-state index in [1.807, 2.05) is 49.8 Å². The summed E-state index contributed by atoms with van der Waals surface area (Å²) in [5.41, 5.74) is 3.32. The van der Waals surface area contributed by atoms with Crippen molar-refractivity contribution in [1.82, 2.24) is 20.4 Å². The molecule has 140 valence electrons. The van der Waals surface area contributed by atoms with Crippen molar-refractivity contribution in [3.8, 4) is 11.5 Å². The Hall–Kier alpha value is -3.28. The third kappa shape index (κ3) is 5.34. The van der Waals surface area contributed by atoms with Crippen LogP contribution in [0, 0.1) is 6.92 Å². The van der Waals surface area contributed by atoms with Crippen molar-refractivity contribution in [2.24, 2.45) is 12.0 Å². The number of nitrogens with one attached hydrogen (secondary N) is 2. The maximum atomic E-state index is 6.08. The van der Waals surface area contributed by atoms with E-state index in [0.717, 1.165) is 34.1 Å². The Morgan fingerprint density at radius 3 is 2.59 bits per heavy atom. The molecule has 27 heavy (non-hydrogen) atoms. The van der Waals surface area contributed by atoms with E-state index >= 15 is 0 Å². The van der Waals surface area contributed by atoms with Crippen LogP contribution in [0.5, 0.6) is 11.5 Å². The molecule has 6 nitrogen and oxygen atoms in total. The molecule has 0 radical (unpaired) electrons. The van der Waals surface area contributed by atoms with Crippen molar-refractivity contribution in [3.63, 3.8) is 0 Å². The summed E-state index contributed by atoms with van der Waals surface area (Å²) in [6, 6.07) is 16.0. The first-order valence-electron chi connectivity index (χ1n) is 8.88. The number of rotatable bonds is 6. The highest BCUT2D eigenvalue weighted by Crippen LogP contribution is 2.26. The van der Waals surface area contributed by atoms with E-state index in [9.17, 15) is 0 Å².